The summed E-state index contributed by atoms with van der Waals surface area (Å²) < 4.78 is 2.05. The number of rotatable bonds is 4. The largest absolute Gasteiger partial charge is 0.351 e. The van der Waals surface area contributed by atoms with Crippen molar-refractivity contribution in [1.82, 2.24) is 14.4 Å². The SMILES string of the molecule is CCCCC(=O)N1CCCN(C(=O)c2cc(C)n(C)c2C)CC1. The van der Waals surface area contributed by atoms with Crippen LogP contribution in [0.5, 0.6) is 0 Å². The Labute approximate surface area is 139 Å². The summed E-state index contributed by atoms with van der Waals surface area (Å²) in [6, 6.07) is 1.97. The normalized spacial score (nSPS) is 15.7. The van der Waals surface area contributed by atoms with E-state index in [1.54, 1.807) is 0 Å². The minimum absolute atomic E-state index is 0.0917. The van der Waals surface area contributed by atoms with E-state index in [1.165, 1.54) is 0 Å². The van der Waals surface area contributed by atoms with Crippen LogP contribution in [0.15, 0.2) is 6.07 Å². The Morgan fingerprint density at radius 2 is 1.74 bits per heavy atom. The lowest BCUT2D eigenvalue weighted by Gasteiger charge is -2.22. The van der Waals surface area contributed by atoms with Gasteiger partial charge in [-0.15, -0.1) is 0 Å². The van der Waals surface area contributed by atoms with Crippen molar-refractivity contribution in [3.05, 3.63) is 23.0 Å². The first-order chi connectivity index (χ1) is 11.0. The standard InChI is InChI=1S/C18H29N3O2/c1-5-6-8-17(22)20-9-7-10-21(12-11-20)18(23)16-13-14(2)19(4)15(16)3/h13H,5-12H2,1-4H3. The highest BCUT2D eigenvalue weighted by Crippen LogP contribution is 2.17. The summed E-state index contributed by atoms with van der Waals surface area (Å²) in [4.78, 5) is 28.8. The van der Waals surface area contributed by atoms with Crippen LogP contribution in [-0.2, 0) is 11.8 Å². The minimum atomic E-state index is 0.0917. The zero-order chi connectivity index (χ0) is 17.0. The lowest BCUT2D eigenvalue weighted by Crippen LogP contribution is -2.37. The third-order valence-corrected chi connectivity index (χ3v) is 4.89. The highest BCUT2D eigenvalue weighted by Gasteiger charge is 2.24. The van der Waals surface area contributed by atoms with Gasteiger partial charge in [0.25, 0.3) is 5.91 Å². The van der Waals surface area contributed by atoms with Gasteiger partial charge in [-0.25, -0.2) is 0 Å². The van der Waals surface area contributed by atoms with E-state index in [4.69, 9.17) is 0 Å². The summed E-state index contributed by atoms with van der Waals surface area (Å²) in [6.45, 7) is 8.87. The van der Waals surface area contributed by atoms with Gasteiger partial charge >= 0.3 is 0 Å². The highest BCUT2D eigenvalue weighted by molar-refractivity contribution is 5.95. The predicted molar refractivity (Wildman–Crippen MR) is 91.5 cm³/mol. The summed E-state index contributed by atoms with van der Waals surface area (Å²) in [5.41, 5.74) is 2.89. The quantitative estimate of drug-likeness (QED) is 0.856. The molecule has 2 heterocycles. The van der Waals surface area contributed by atoms with Crippen LogP contribution in [0.25, 0.3) is 0 Å². The van der Waals surface area contributed by atoms with Crippen LogP contribution < -0.4 is 0 Å². The number of amides is 2. The molecule has 0 unspecified atom stereocenters. The molecule has 128 valence electrons. The molecule has 0 bridgehead atoms. The van der Waals surface area contributed by atoms with Crippen LogP contribution >= 0.6 is 0 Å². The first-order valence-electron chi connectivity index (χ1n) is 8.65. The Balaban J connectivity index is 2.01. The molecule has 0 aromatic carbocycles. The van der Waals surface area contributed by atoms with Crippen LogP contribution in [0.1, 0.15) is 54.4 Å². The van der Waals surface area contributed by atoms with E-state index >= 15 is 0 Å². The molecule has 0 atom stereocenters. The smallest absolute Gasteiger partial charge is 0.255 e. The topological polar surface area (TPSA) is 45.6 Å². The Bertz CT molecular complexity index is 577. The van der Waals surface area contributed by atoms with Gasteiger partial charge in [0.1, 0.15) is 0 Å². The van der Waals surface area contributed by atoms with Crippen LogP contribution in [0, 0.1) is 13.8 Å². The van der Waals surface area contributed by atoms with Gasteiger partial charge in [0.15, 0.2) is 0 Å². The Kier molecular flexibility index (Phi) is 5.85. The third kappa shape index (κ3) is 3.95. The van der Waals surface area contributed by atoms with Gasteiger partial charge in [0.05, 0.1) is 5.56 Å². The summed E-state index contributed by atoms with van der Waals surface area (Å²) in [7, 11) is 1.98. The second-order valence-electron chi connectivity index (χ2n) is 6.47. The number of aryl methyl sites for hydroxylation is 1. The van der Waals surface area contributed by atoms with Crippen molar-refractivity contribution in [1.29, 1.82) is 0 Å². The third-order valence-electron chi connectivity index (χ3n) is 4.89. The Hall–Kier alpha value is -1.78. The number of hydrogen-bond donors (Lipinski definition) is 0. The van der Waals surface area contributed by atoms with E-state index in [2.05, 4.69) is 6.92 Å². The molecule has 1 saturated heterocycles. The van der Waals surface area contributed by atoms with Crippen molar-refractivity contribution in [3.8, 4) is 0 Å². The zero-order valence-electron chi connectivity index (χ0n) is 14.9. The molecular formula is C18H29N3O2. The number of nitrogens with zero attached hydrogens (tertiary/aromatic N) is 3. The maximum absolute atomic E-state index is 12.8. The number of hydrogen-bond acceptors (Lipinski definition) is 2. The molecule has 2 rings (SSSR count). The zero-order valence-corrected chi connectivity index (χ0v) is 14.9. The molecule has 1 aromatic rings. The fraction of sp³-hybridized carbons (Fsp3) is 0.667. The molecule has 1 aliphatic rings. The maximum Gasteiger partial charge on any atom is 0.255 e. The van der Waals surface area contributed by atoms with Crippen molar-refractivity contribution in [2.75, 3.05) is 26.2 Å². The second kappa shape index (κ2) is 7.66. The Morgan fingerprint density at radius 1 is 1.09 bits per heavy atom. The Morgan fingerprint density at radius 3 is 2.35 bits per heavy atom. The molecule has 5 heteroatoms. The van der Waals surface area contributed by atoms with Crippen molar-refractivity contribution in [2.24, 2.45) is 7.05 Å². The van der Waals surface area contributed by atoms with E-state index in [-0.39, 0.29) is 11.8 Å². The molecular weight excluding hydrogens is 290 g/mol. The first-order valence-corrected chi connectivity index (χ1v) is 8.65. The molecule has 0 aliphatic carbocycles. The van der Waals surface area contributed by atoms with E-state index in [0.717, 1.165) is 49.3 Å². The maximum atomic E-state index is 12.8. The summed E-state index contributed by atoms with van der Waals surface area (Å²) in [5.74, 6) is 0.321. The average molecular weight is 319 g/mol. The van der Waals surface area contributed by atoms with Crippen LogP contribution in [-0.4, -0.2) is 52.4 Å². The van der Waals surface area contributed by atoms with Crippen molar-refractivity contribution in [3.63, 3.8) is 0 Å². The molecule has 23 heavy (non-hydrogen) atoms. The molecule has 0 saturated carbocycles. The van der Waals surface area contributed by atoms with E-state index < -0.39 is 0 Å². The van der Waals surface area contributed by atoms with Gasteiger partial charge < -0.3 is 14.4 Å². The van der Waals surface area contributed by atoms with Crippen LogP contribution in [0.3, 0.4) is 0 Å². The van der Waals surface area contributed by atoms with Crippen LogP contribution in [0.4, 0.5) is 0 Å². The molecule has 0 radical (unpaired) electrons. The lowest BCUT2D eigenvalue weighted by molar-refractivity contribution is -0.131. The molecule has 1 aliphatic heterocycles. The number of carbonyl (C=O) groups excluding carboxylic acids is 2. The van der Waals surface area contributed by atoms with E-state index in [9.17, 15) is 9.59 Å². The van der Waals surface area contributed by atoms with Gasteiger partial charge in [-0.05, 0) is 32.8 Å². The van der Waals surface area contributed by atoms with Gasteiger partial charge in [0.2, 0.25) is 5.91 Å². The molecule has 0 N–H and O–H groups in total. The van der Waals surface area contributed by atoms with Gasteiger partial charge in [-0.1, -0.05) is 13.3 Å². The van der Waals surface area contributed by atoms with Crippen LogP contribution in [0.2, 0.25) is 0 Å². The fourth-order valence-corrected chi connectivity index (χ4v) is 3.10. The predicted octanol–water partition coefficient (Wildman–Crippen LogP) is 2.51. The van der Waals surface area contributed by atoms with Crippen molar-refractivity contribution in [2.45, 2.75) is 46.5 Å². The summed E-state index contributed by atoms with van der Waals surface area (Å²) >= 11 is 0. The lowest BCUT2D eigenvalue weighted by atomic mass is 10.2. The summed E-state index contributed by atoms with van der Waals surface area (Å²) in [6.07, 6.45) is 3.47. The molecule has 5 nitrogen and oxygen atoms in total. The molecule has 1 aromatic heterocycles. The first kappa shape index (κ1) is 17.6. The molecule has 0 spiro atoms. The second-order valence-corrected chi connectivity index (χ2v) is 6.47. The molecule has 2 amide bonds. The number of aromatic nitrogens is 1. The molecule has 1 fully saturated rings. The van der Waals surface area contributed by atoms with Gasteiger partial charge in [-0.3, -0.25) is 9.59 Å². The minimum Gasteiger partial charge on any atom is -0.351 e. The fourth-order valence-electron chi connectivity index (χ4n) is 3.10. The van der Waals surface area contributed by atoms with Crippen molar-refractivity contribution < 1.29 is 9.59 Å². The number of carbonyl (C=O) groups is 2. The van der Waals surface area contributed by atoms with Gasteiger partial charge in [-0.2, -0.15) is 0 Å². The average Bonchev–Trinajstić information content (AvgIpc) is 2.76. The summed E-state index contributed by atoms with van der Waals surface area (Å²) in [5, 5.41) is 0. The van der Waals surface area contributed by atoms with Gasteiger partial charge in [0, 0.05) is 51.0 Å². The number of unbranched alkanes of at least 4 members (excludes halogenated alkanes) is 1. The van der Waals surface area contributed by atoms with Crippen molar-refractivity contribution >= 4 is 11.8 Å². The van der Waals surface area contributed by atoms with E-state index in [1.807, 2.05) is 41.3 Å². The monoisotopic (exact) mass is 319 g/mol. The highest BCUT2D eigenvalue weighted by atomic mass is 16.2. The van der Waals surface area contributed by atoms with E-state index in [0.29, 0.717) is 19.5 Å².